The molecule has 3 rings (SSSR count). The maximum atomic E-state index is 12.1. The van der Waals surface area contributed by atoms with E-state index in [1.54, 1.807) is 6.07 Å². The van der Waals surface area contributed by atoms with Crippen molar-refractivity contribution in [3.8, 4) is 0 Å². The van der Waals surface area contributed by atoms with Gasteiger partial charge in [-0.1, -0.05) is 24.7 Å². The van der Waals surface area contributed by atoms with Crippen LogP contribution in [0.4, 0.5) is 5.13 Å². The van der Waals surface area contributed by atoms with Crippen LogP contribution in [0, 0.1) is 0 Å². The number of carbonyl (C=O) groups excluding carboxylic acids is 1. The van der Waals surface area contributed by atoms with Gasteiger partial charge in [0.25, 0.3) is 5.56 Å². The Morgan fingerprint density at radius 1 is 1.30 bits per heavy atom. The van der Waals surface area contributed by atoms with Crippen molar-refractivity contribution in [2.45, 2.75) is 52.0 Å². The standard InChI is InChI=1S/C15H19N5O2S/c1-2-13-17-18-15(23-13)16-12(21)9-20-14(22)8-10-6-4-3-5-7-11(10)19-20/h8H,2-7,9H2,1H3,(H,16,18,21). The summed E-state index contributed by atoms with van der Waals surface area (Å²) in [5, 5.41) is 16.2. The van der Waals surface area contributed by atoms with Gasteiger partial charge in [0.05, 0.1) is 5.69 Å². The molecule has 0 unspecified atom stereocenters. The Kier molecular flexibility index (Phi) is 4.80. The second-order valence-electron chi connectivity index (χ2n) is 5.58. The van der Waals surface area contributed by atoms with E-state index in [1.807, 2.05) is 6.92 Å². The predicted molar refractivity (Wildman–Crippen MR) is 87.7 cm³/mol. The zero-order valence-corrected chi connectivity index (χ0v) is 13.9. The third-order valence-corrected chi connectivity index (χ3v) is 4.82. The molecule has 0 spiro atoms. The van der Waals surface area contributed by atoms with Gasteiger partial charge in [0.15, 0.2) is 0 Å². The van der Waals surface area contributed by atoms with Gasteiger partial charge in [0, 0.05) is 6.07 Å². The maximum Gasteiger partial charge on any atom is 0.267 e. The van der Waals surface area contributed by atoms with Crippen molar-refractivity contribution in [1.82, 2.24) is 20.0 Å². The Morgan fingerprint density at radius 2 is 2.13 bits per heavy atom. The molecule has 0 radical (unpaired) electrons. The van der Waals surface area contributed by atoms with Crippen LogP contribution in [0.3, 0.4) is 0 Å². The average molecular weight is 333 g/mol. The van der Waals surface area contributed by atoms with E-state index in [9.17, 15) is 9.59 Å². The van der Waals surface area contributed by atoms with Crippen LogP contribution in [-0.4, -0.2) is 25.9 Å². The SMILES string of the molecule is CCc1nnc(NC(=O)Cn2nc3c(cc2=O)CCCCC3)s1. The fourth-order valence-electron chi connectivity index (χ4n) is 2.63. The lowest BCUT2D eigenvalue weighted by Crippen LogP contribution is -2.30. The molecule has 0 saturated carbocycles. The lowest BCUT2D eigenvalue weighted by Gasteiger charge is -2.09. The van der Waals surface area contributed by atoms with Gasteiger partial charge in [-0.2, -0.15) is 5.10 Å². The molecule has 2 aromatic heterocycles. The maximum absolute atomic E-state index is 12.1. The van der Waals surface area contributed by atoms with Crippen molar-refractivity contribution < 1.29 is 4.79 Å². The number of nitrogens with zero attached hydrogens (tertiary/aromatic N) is 4. The van der Waals surface area contributed by atoms with Gasteiger partial charge in [-0.15, -0.1) is 10.2 Å². The Morgan fingerprint density at radius 3 is 2.91 bits per heavy atom. The minimum absolute atomic E-state index is 0.104. The molecule has 0 aromatic carbocycles. The Hall–Kier alpha value is -2.09. The molecular weight excluding hydrogens is 314 g/mol. The molecule has 8 heteroatoms. The highest BCUT2D eigenvalue weighted by Gasteiger charge is 2.14. The third kappa shape index (κ3) is 3.82. The summed E-state index contributed by atoms with van der Waals surface area (Å²) in [5.74, 6) is -0.313. The summed E-state index contributed by atoms with van der Waals surface area (Å²) in [6.07, 6.45) is 5.87. The summed E-state index contributed by atoms with van der Waals surface area (Å²) in [6.45, 7) is 1.87. The number of rotatable bonds is 4. The zero-order valence-electron chi connectivity index (χ0n) is 13.0. The van der Waals surface area contributed by atoms with Gasteiger partial charge in [-0.05, 0) is 37.7 Å². The number of amides is 1. The fourth-order valence-corrected chi connectivity index (χ4v) is 3.33. The van der Waals surface area contributed by atoms with E-state index in [1.165, 1.54) is 16.0 Å². The van der Waals surface area contributed by atoms with Crippen molar-refractivity contribution >= 4 is 22.4 Å². The van der Waals surface area contributed by atoms with E-state index in [0.29, 0.717) is 5.13 Å². The molecule has 0 bridgehead atoms. The van der Waals surface area contributed by atoms with Crippen LogP contribution in [0.5, 0.6) is 0 Å². The number of anilines is 1. The van der Waals surface area contributed by atoms with Crippen LogP contribution >= 0.6 is 11.3 Å². The first-order chi connectivity index (χ1) is 11.2. The first kappa shape index (κ1) is 15.8. The summed E-state index contributed by atoms with van der Waals surface area (Å²) >= 11 is 1.34. The molecule has 1 amide bonds. The summed E-state index contributed by atoms with van der Waals surface area (Å²) in [4.78, 5) is 24.2. The highest BCUT2D eigenvalue weighted by molar-refractivity contribution is 7.15. The quantitative estimate of drug-likeness (QED) is 0.858. The largest absolute Gasteiger partial charge is 0.299 e. The number of aromatic nitrogens is 4. The summed E-state index contributed by atoms with van der Waals surface area (Å²) < 4.78 is 1.24. The smallest absolute Gasteiger partial charge is 0.267 e. The van der Waals surface area contributed by atoms with E-state index in [-0.39, 0.29) is 18.0 Å². The minimum atomic E-state index is -0.313. The molecule has 23 heavy (non-hydrogen) atoms. The number of hydrogen-bond acceptors (Lipinski definition) is 6. The normalized spacial score (nSPS) is 14.1. The highest BCUT2D eigenvalue weighted by atomic mass is 32.1. The lowest BCUT2D eigenvalue weighted by atomic mass is 10.1. The highest BCUT2D eigenvalue weighted by Crippen LogP contribution is 2.17. The van der Waals surface area contributed by atoms with E-state index in [4.69, 9.17) is 0 Å². The molecule has 0 fully saturated rings. The first-order valence-electron chi connectivity index (χ1n) is 7.88. The van der Waals surface area contributed by atoms with Crippen LogP contribution in [0.25, 0.3) is 0 Å². The van der Waals surface area contributed by atoms with Crippen molar-refractivity contribution in [1.29, 1.82) is 0 Å². The molecule has 122 valence electrons. The van der Waals surface area contributed by atoms with E-state index in [0.717, 1.165) is 54.8 Å². The molecule has 7 nitrogen and oxygen atoms in total. The Balaban J connectivity index is 1.73. The van der Waals surface area contributed by atoms with Crippen LogP contribution in [-0.2, 0) is 30.6 Å². The molecule has 2 heterocycles. The second kappa shape index (κ2) is 6.99. The van der Waals surface area contributed by atoms with Crippen molar-refractivity contribution in [3.63, 3.8) is 0 Å². The second-order valence-corrected chi connectivity index (χ2v) is 6.64. The van der Waals surface area contributed by atoms with Crippen LogP contribution in [0.1, 0.15) is 42.5 Å². The van der Waals surface area contributed by atoms with E-state index in [2.05, 4.69) is 20.6 Å². The first-order valence-corrected chi connectivity index (χ1v) is 8.69. The van der Waals surface area contributed by atoms with Gasteiger partial charge in [0.1, 0.15) is 11.6 Å². The number of carbonyl (C=O) groups is 1. The van der Waals surface area contributed by atoms with Gasteiger partial charge in [-0.25, -0.2) is 4.68 Å². The monoisotopic (exact) mass is 333 g/mol. The number of hydrogen-bond donors (Lipinski definition) is 1. The summed E-state index contributed by atoms with van der Waals surface area (Å²) in [6, 6.07) is 1.63. The molecule has 2 aromatic rings. The predicted octanol–water partition coefficient (Wildman–Crippen LogP) is 1.56. The number of nitrogens with one attached hydrogen (secondary N) is 1. The summed E-state index contributed by atoms with van der Waals surface area (Å²) in [7, 11) is 0. The summed E-state index contributed by atoms with van der Waals surface area (Å²) in [5.41, 5.74) is 1.74. The van der Waals surface area contributed by atoms with E-state index >= 15 is 0 Å². The number of aryl methyl sites for hydroxylation is 3. The fraction of sp³-hybridized carbons (Fsp3) is 0.533. The van der Waals surface area contributed by atoms with E-state index < -0.39 is 0 Å². The van der Waals surface area contributed by atoms with Gasteiger partial charge >= 0.3 is 0 Å². The molecular formula is C15H19N5O2S. The Bertz CT molecular complexity index is 767. The molecule has 1 N–H and O–H groups in total. The Labute approximate surface area is 137 Å². The van der Waals surface area contributed by atoms with Crippen LogP contribution in [0.15, 0.2) is 10.9 Å². The van der Waals surface area contributed by atoms with Crippen molar-refractivity contribution in [2.75, 3.05) is 5.32 Å². The average Bonchev–Trinajstić information content (AvgIpc) is 2.86. The molecule has 1 aliphatic carbocycles. The van der Waals surface area contributed by atoms with Gasteiger partial charge < -0.3 is 0 Å². The lowest BCUT2D eigenvalue weighted by molar-refractivity contribution is -0.117. The van der Waals surface area contributed by atoms with Crippen LogP contribution < -0.4 is 10.9 Å². The van der Waals surface area contributed by atoms with Crippen LogP contribution in [0.2, 0.25) is 0 Å². The molecule has 0 saturated heterocycles. The van der Waals surface area contributed by atoms with Crippen molar-refractivity contribution in [2.24, 2.45) is 0 Å². The number of fused-ring (bicyclic) bond motifs is 1. The van der Waals surface area contributed by atoms with Gasteiger partial charge in [-0.3, -0.25) is 14.9 Å². The topological polar surface area (TPSA) is 89.8 Å². The molecule has 0 atom stereocenters. The minimum Gasteiger partial charge on any atom is -0.299 e. The van der Waals surface area contributed by atoms with Crippen molar-refractivity contribution in [3.05, 3.63) is 32.7 Å². The molecule has 1 aliphatic rings. The molecule has 0 aliphatic heterocycles. The third-order valence-electron chi connectivity index (χ3n) is 3.83. The zero-order chi connectivity index (χ0) is 16.2. The van der Waals surface area contributed by atoms with Gasteiger partial charge in [0.2, 0.25) is 11.0 Å².